The number of halogens is 2. The van der Waals surface area contributed by atoms with E-state index in [9.17, 15) is 9.18 Å². The van der Waals surface area contributed by atoms with E-state index >= 15 is 0 Å². The molecule has 0 fully saturated rings. The number of amides is 1. The molecule has 0 saturated carbocycles. The Labute approximate surface area is 119 Å². The Morgan fingerprint density at radius 2 is 1.95 bits per heavy atom. The summed E-state index contributed by atoms with van der Waals surface area (Å²) in [5.41, 5.74) is 2.18. The lowest BCUT2D eigenvalue weighted by atomic mass is 10.1. The van der Waals surface area contributed by atoms with Crippen molar-refractivity contribution >= 4 is 27.5 Å². The van der Waals surface area contributed by atoms with Crippen LogP contribution in [0.3, 0.4) is 0 Å². The summed E-state index contributed by atoms with van der Waals surface area (Å²) in [5.74, 6) is -0.462. The summed E-state index contributed by atoms with van der Waals surface area (Å²) in [4.78, 5) is 16.1. The number of aromatic nitrogens is 1. The second-order valence-electron chi connectivity index (χ2n) is 4.12. The quantitative estimate of drug-likeness (QED) is 0.879. The maximum absolute atomic E-state index is 12.7. The highest BCUT2D eigenvalue weighted by Crippen LogP contribution is 2.16. The Morgan fingerprint density at radius 1 is 1.26 bits per heavy atom. The molecule has 98 valence electrons. The largest absolute Gasteiger partial charge is 0.324 e. The smallest absolute Gasteiger partial charge is 0.228 e. The summed E-state index contributed by atoms with van der Waals surface area (Å²) in [7, 11) is 0. The van der Waals surface area contributed by atoms with Crippen LogP contribution in [0.5, 0.6) is 0 Å². The van der Waals surface area contributed by atoms with E-state index < -0.39 is 0 Å². The molecule has 1 aromatic carbocycles. The average molecular weight is 323 g/mol. The molecule has 5 heteroatoms. The zero-order chi connectivity index (χ0) is 13.8. The summed E-state index contributed by atoms with van der Waals surface area (Å²) in [5, 5.41) is 2.78. The van der Waals surface area contributed by atoms with E-state index in [4.69, 9.17) is 0 Å². The molecule has 3 nitrogen and oxygen atoms in total. The fourth-order valence-electron chi connectivity index (χ4n) is 1.64. The molecule has 1 heterocycles. The number of benzene rings is 1. The first-order valence-corrected chi connectivity index (χ1v) is 6.51. The van der Waals surface area contributed by atoms with Gasteiger partial charge in [0.05, 0.1) is 17.8 Å². The van der Waals surface area contributed by atoms with Gasteiger partial charge in [-0.05, 0) is 52.7 Å². The summed E-state index contributed by atoms with van der Waals surface area (Å²) in [6, 6.07) is 9.43. The minimum atomic E-state index is -0.308. The predicted molar refractivity (Wildman–Crippen MR) is 75.4 cm³/mol. The Bertz CT molecular complexity index is 599. The van der Waals surface area contributed by atoms with Crippen LogP contribution >= 0.6 is 15.9 Å². The lowest BCUT2D eigenvalue weighted by molar-refractivity contribution is -0.115. The van der Waals surface area contributed by atoms with Gasteiger partial charge < -0.3 is 5.32 Å². The molecule has 1 N–H and O–H groups in total. The summed E-state index contributed by atoms with van der Waals surface area (Å²) < 4.78 is 13.5. The Morgan fingerprint density at radius 3 is 2.58 bits per heavy atom. The average Bonchev–Trinajstić information content (AvgIpc) is 2.36. The molecule has 1 amide bonds. The fraction of sp³-hybridized carbons (Fsp3) is 0.143. The predicted octanol–water partition coefficient (Wildman–Crippen LogP) is 3.47. The molecule has 0 aliphatic carbocycles. The van der Waals surface area contributed by atoms with Gasteiger partial charge in [0.25, 0.3) is 0 Å². The first-order chi connectivity index (χ1) is 9.04. The second kappa shape index (κ2) is 5.93. The van der Waals surface area contributed by atoms with E-state index in [-0.39, 0.29) is 18.1 Å². The van der Waals surface area contributed by atoms with Crippen LogP contribution in [0.15, 0.2) is 41.0 Å². The number of anilines is 1. The van der Waals surface area contributed by atoms with Crippen molar-refractivity contribution in [2.45, 2.75) is 13.3 Å². The van der Waals surface area contributed by atoms with Crippen molar-refractivity contribution in [2.75, 3.05) is 5.32 Å². The summed E-state index contributed by atoms with van der Waals surface area (Å²) >= 11 is 3.26. The molecule has 2 rings (SSSR count). The Kier molecular flexibility index (Phi) is 4.27. The lowest BCUT2D eigenvalue weighted by Crippen LogP contribution is -2.15. The standard InChI is InChI=1S/C14H12BrFN2O/c1-9-12(6-7-13(15)17-9)18-14(19)8-10-2-4-11(16)5-3-10/h2-7H,8H2,1H3,(H,18,19). The van der Waals surface area contributed by atoms with Gasteiger partial charge in [-0.2, -0.15) is 0 Å². The van der Waals surface area contributed by atoms with Crippen molar-refractivity contribution in [3.63, 3.8) is 0 Å². The fourth-order valence-corrected chi connectivity index (χ4v) is 2.04. The van der Waals surface area contributed by atoms with Gasteiger partial charge in [-0.25, -0.2) is 9.37 Å². The highest BCUT2D eigenvalue weighted by molar-refractivity contribution is 9.10. The van der Waals surface area contributed by atoms with Crippen LogP contribution in [0.4, 0.5) is 10.1 Å². The first-order valence-electron chi connectivity index (χ1n) is 5.72. The third-order valence-corrected chi connectivity index (χ3v) is 3.05. The molecule has 0 saturated heterocycles. The molecule has 1 aromatic heterocycles. The van der Waals surface area contributed by atoms with Crippen LogP contribution in [0.2, 0.25) is 0 Å². The molecule has 0 spiro atoms. The van der Waals surface area contributed by atoms with Gasteiger partial charge in [0, 0.05) is 0 Å². The summed E-state index contributed by atoms with van der Waals surface area (Å²) in [6.45, 7) is 1.82. The van der Waals surface area contributed by atoms with Gasteiger partial charge in [0.2, 0.25) is 5.91 Å². The number of hydrogen-bond donors (Lipinski definition) is 1. The van der Waals surface area contributed by atoms with E-state index in [1.807, 2.05) is 6.92 Å². The highest BCUT2D eigenvalue weighted by atomic mass is 79.9. The third kappa shape index (κ3) is 3.86. The molecular formula is C14H12BrFN2O. The molecule has 0 atom stereocenters. The molecule has 0 radical (unpaired) electrons. The van der Waals surface area contributed by atoms with Crippen LogP contribution in [0.1, 0.15) is 11.3 Å². The van der Waals surface area contributed by atoms with Crippen LogP contribution in [0, 0.1) is 12.7 Å². The van der Waals surface area contributed by atoms with Gasteiger partial charge in [-0.3, -0.25) is 4.79 Å². The molecule has 2 aromatic rings. The minimum absolute atomic E-state index is 0.154. The van der Waals surface area contributed by atoms with Crippen molar-refractivity contribution in [1.82, 2.24) is 4.98 Å². The number of carbonyl (C=O) groups is 1. The third-order valence-electron chi connectivity index (χ3n) is 2.60. The van der Waals surface area contributed by atoms with E-state index in [1.165, 1.54) is 12.1 Å². The van der Waals surface area contributed by atoms with Crippen molar-refractivity contribution in [2.24, 2.45) is 0 Å². The monoisotopic (exact) mass is 322 g/mol. The van der Waals surface area contributed by atoms with Gasteiger partial charge in [0.1, 0.15) is 10.4 Å². The number of rotatable bonds is 3. The molecule has 0 aliphatic rings. The van der Waals surface area contributed by atoms with E-state index in [1.54, 1.807) is 24.3 Å². The lowest BCUT2D eigenvalue weighted by Gasteiger charge is -2.08. The molecule has 0 unspecified atom stereocenters. The van der Waals surface area contributed by atoms with Gasteiger partial charge in [-0.15, -0.1) is 0 Å². The minimum Gasteiger partial charge on any atom is -0.324 e. The molecule has 0 bridgehead atoms. The van der Waals surface area contributed by atoms with E-state index in [0.29, 0.717) is 5.69 Å². The van der Waals surface area contributed by atoms with E-state index in [2.05, 4.69) is 26.2 Å². The number of carbonyl (C=O) groups excluding carboxylic acids is 1. The van der Waals surface area contributed by atoms with Crippen LogP contribution in [0.25, 0.3) is 0 Å². The topological polar surface area (TPSA) is 42.0 Å². The van der Waals surface area contributed by atoms with Crippen molar-refractivity contribution < 1.29 is 9.18 Å². The van der Waals surface area contributed by atoms with Crippen LogP contribution in [-0.4, -0.2) is 10.9 Å². The highest BCUT2D eigenvalue weighted by Gasteiger charge is 2.07. The normalized spacial score (nSPS) is 10.3. The van der Waals surface area contributed by atoms with E-state index in [0.717, 1.165) is 15.9 Å². The van der Waals surface area contributed by atoms with Gasteiger partial charge >= 0.3 is 0 Å². The zero-order valence-corrected chi connectivity index (χ0v) is 11.9. The number of pyridine rings is 1. The zero-order valence-electron chi connectivity index (χ0n) is 10.3. The maximum Gasteiger partial charge on any atom is 0.228 e. The van der Waals surface area contributed by atoms with Crippen molar-refractivity contribution in [3.8, 4) is 0 Å². The molecule has 19 heavy (non-hydrogen) atoms. The van der Waals surface area contributed by atoms with Crippen molar-refractivity contribution in [1.29, 1.82) is 0 Å². The van der Waals surface area contributed by atoms with Gasteiger partial charge in [-0.1, -0.05) is 12.1 Å². The second-order valence-corrected chi connectivity index (χ2v) is 4.93. The summed E-state index contributed by atoms with van der Waals surface area (Å²) in [6.07, 6.45) is 0.204. The molecule has 0 aliphatic heterocycles. The first kappa shape index (κ1) is 13.7. The Hall–Kier alpha value is -1.75. The van der Waals surface area contributed by atoms with Crippen LogP contribution in [-0.2, 0) is 11.2 Å². The molecular weight excluding hydrogens is 311 g/mol. The SMILES string of the molecule is Cc1nc(Br)ccc1NC(=O)Cc1ccc(F)cc1. The van der Waals surface area contributed by atoms with Crippen LogP contribution < -0.4 is 5.32 Å². The van der Waals surface area contributed by atoms with Crippen molar-refractivity contribution in [3.05, 3.63) is 58.1 Å². The Balaban J connectivity index is 2.03. The number of aryl methyl sites for hydroxylation is 1. The maximum atomic E-state index is 12.7. The number of hydrogen-bond acceptors (Lipinski definition) is 2. The number of nitrogens with one attached hydrogen (secondary N) is 1. The number of nitrogens with zero attached hydrogens (tertiary/aromatic N) is 1. The van der Waals surface area contributed by atoms with Gasteiger partial charge in [0.15, 0.2) is 0 Å².